The van der Waals surface area contributed by atoms with Crippen molar-refractivity contribution in [1.82, 2.24) is 14.2 Å². The third kappa shape index (κ3) is 5.19. The molecule has 0 bridgehead atoms. The predicted octanol–water partition coefficient (Wildman–Crippen LogP) is 2.96. The van der Waals surface area contributed by atoms with Crippen molar-refractivity contribution in [3.63, 3.8) is 0 Å². The highest BCUT2D eigenvalue weighted by atomic mass is 32.2. The van der Waals surface area contributed by atoms with E-state index < -0.39 is 15.9 Å². The Labute approximate surface area is 186 Å². The number of aromatic nitrogens is 1. The first-order valence-corrected chi connectivity index (χ1v) is 12.2. The summed E-state index contributed by atoms with van der Waals surface area (Å²) in [5, 5.41) is 3.28. The number of fused-ring (bicyclic) bond motifs is 1. The van der Waals surface area contributed by atoms with Gasteiger partial charge in [0, 0.05) is 38.0 Å². The average Bonchev–Trinajstić information content (AvgIpc) is 3.16. The number of carbonyl (C=O) groups is 1. The van der Waals surface area contributed by atoms with E-state index in [0.29, 0.717) is 5.13 Å². The molecule has 0 unspecified atom stereocenters. The van der Waals surface area contributed by atoms with Crippen LogP contribution < -0.4 is 5.32 Å². The fraction of sp³-hybridized carbons (Fsp3) is 0.273. The Morgan fingerprint density at radius 2 is 1.81 bits per heavy atom. The van der Waals surface area contributed by atoms with E-state index in [1.165, 1.54) is 36.1 Å². The van der Waals surface area contributed by atoms with Gasteiger partial charge < -0.3 is 5.32 Å². The van der Waals surface area contributed by atoms with Gasteiger partial charge in [0.25, 0.3) is 0 Å². The van der Waals surface area contributed by atoms with E-state index in [4.69, 9.17) is 0 Å². The minimum atomic E-state index is -3.72. The number of anilines is 1. The molecule has 0 fully saturated rings. The summed E-state index contributed by atoms with van der Waals surface area (Å²) in [5.41, 5.74) is 2.28. The monoisotopic (exact) mass is 456 g/mol. The Kier molecular flexibility index (Phi) is 6.47. The highest BCUT2D eigenvalue weighted by Crippen LogP contribution is 2.29. The van der Waals surface area contributed by atoms with Crippen molar-refractivity contribution in [3.05, 3.63) is 76.8 Å². The minimum absolute atomic E-state index is 0.161. The van der Waals surface area contributed by atoms with Crippen LogP contribution in [0.3, 0.4) is 0 Å². The summed E-state index contributed by atoms with van der Waals surface area (Å²) < 4.78 is 26.2. The number of likely N-dealkylation sites (N-methyl/N-ethyl adjacent to an activating group) is 1. The molecule has 1 aliphatic rings. The molecular formula is C22H24N4O3S2. The van der Waals surface area contributed by atoms with Crippen LogP contribution in [0.15, 0.2) is 65.6 Å². The van der Waals surface area contributed by atoms with Crippen LogP contribution >= 0.6 is 11.3 Å². The zero-order valence-corrected chi connectivity index (χ0v) is 18.8. The highest BCUT2D eigenvalue weighted by molar-refractivity contribution is 7.89. The zero-order chi connectivity index (χ0) is 21.8. The van der Waals surface area contributed by atoms with Gasteiger partial charge in [-0.1, -0.05) is 48.5 Å². The Hall–Kier alpha value is -2.59. The van der Waals surface area contributed by atoms with Gasteiger partial charge in [-0.3, -0.25) is 9.69 Å². The van der Waals surface area contributed by atoms with Crippen molar-refractivity contribution in [1.29, 1.82) is 0 Å². The van der Waals surface area contributed by atoms with Crippen LogP contribution in [0.4, 0.5) is 5.13 Å². The molecule has 4 rings (SSSR count). The maximum atomic E-state index is 12.6. The number of amides is 1. The second-order valence-electron chi connectivity index (χ2n) is 7.46. The third-order valence-corrected chi connectivity index (χ3v) is 7.94. The predicted molar refractivity (Wildman–Crippen MR) is 121 cm³/mol. The number of nitrogens with zero attached hydrogens (tertiary/aromatic N) is 3. The molecule has 0 aliphatic carbocycles. The van der Waals surface area contributed by atoms with E-state index in [0.717, 1.165) is 40.9 Å². The smallest absolute Gasteiger partial charge is 0.243 e. The topological polar surface area (TPSA) is 82.6 Å². The molecule has 0 saturated carbocycles. The van der Waals surface area contributed by atoms with Gasteiger partial charge in [0.1, 0.15) is 0 Å². The van der Waals surface area contributed by atoms with E-state index in [1.54, 1.807) is 18.2 Å². The number of hydrogen-bond acceptors (Lipinski definition) is 6. The van der Waals surface area contributed by atoms with Crippen molar-refractivity contribution in [2.45, 2.75) is 24.4 Å². The van der Waals surface area contributed by atoms with Crippen molar-refractivity contribution in [2.24, 2.45) is 0 Å². The number of hydrogen-bond donors (Lipinski definition) is 1. The van der Waals surface area contributed by atoms with E-state index >= 15 is 0 Å². The molecule has 9 heteroatoms. The molecule has 2 aromatic carbocycles. The summed E-state index contributed by atoms with van der Waals surface area (Å²) in [7, 11) is -2.32. The van der Waals surface area contributed by atoms with Gasteiger partial charge in [0.05, 0.1) is 17.1 Å². The molecule has 2 heterocycles. The Bertz CT molecular complexity index is 1150. The molecule has 3 aromatic rings. The molecule has 31 heavy (non-hydrogen) atoms. The summed E-state index contributed by atoms with van der Waals surface area (Å²) in [5.74, 6) is -0.408. The van der Waals surface area contributed by atoms with E-state index in [1.807, 2.05) is 18.2 Å². The number of benzene rings is 2. The third-order valence-electron chi connectivity index (χ3n) is 5.12. The van der Waals surface area contributed by atoms with Crippen LogP contribution in [0.2, 0.25) is 0 Å². The lowest BCUT2D eigenvalue weighted by Gasteiger charge is -2.25. The van der Waals surface area contributed by atoms with Gasteiger partial charge in [-0.05, 0) is 17.7 Å². The first kappa shape index (κ1) is 21.6. The number of rotatable bonds is 7. The van der Waals surface area contributed by atoms with Crippen LogP contribution in [-0.4, -0.2) is 48.7 Å². The summed E-state index contributed by atoms with van der Waals surface area (Å²) >= 11 is 1.46. The summed E-state index contributed by atoms with van der Waals surface area (Å²) in [4.78, 5) is 20.7. The van der Waals surface area contributed by atoms with Crippen LogP contribution in [0.25, 0.3) is 0 Å². The molecule has 1 aromatic heterocycles. The summed E-state index contributed by atoms with van der Waals surface area (Å²) in [6, 6.07) is 18.4. The fourth-order valence-electron chi connectivity index (χ4n) is 3.50. The molecule has 0 saturated heterocycles. The molecule has 162 valence electrons. The number of nitrogens with one attached hydrogen (secondary N) is 1. The lowest BCUT2D eigenvalue weighted by molar-refractivity contribution is -0.116. The number of thiazole rings is 1. The van der Waals surface area contributed by atoms with Crippen LogP contribution in [-0.2, 0) is 34.3 Å². The lowest BCUT2D eigenvalue weighted by atomic mass is 10.1. The molecular weight excluding hydrogens is 432 g/mol. The molecule has 0 radical (unpaired) electrons. The van der Waals surface area contributed by atoms with Crippen molar-refractivity contribution < 1.29 is 13.2 Å². The van der Waals surface area contributed by atoms with Gasteiger partial charge in [-0.15, -0.1) is 11.3 Å². The second-order valence-corrected chi connectivity index (χ2v) is 10.6. The first-order chi connectivity index (χ1) is 14.9. The second kappa shape index (κ2) is 9.27. The van der Waals surface area contributed by atoms with Gasteiger partial charge in [-0.2, -0.15) is 4.31 Å². The summed E-state index contributed by atoms with van der Waals surface area (Å²) in [6.45, 7) is 2.31. The van der Waals surface area contributed by atoms with Crippen molar-refractivity contribution in [3.8, 4) is 0 Å². The maximum absolute atomic E-state index is 12.6. The maximum Gasteiger partial charge on any atom is 0.243 e. The Morgan fingerprint density at radius 1 is 1.13 bits per heavy atom. The highest BCUT2D eigenvalue weighted by Gasteiger charge is 2.24. The first-order valence-electron chi connectivity index (χ1n) is 9.98. The zero-order valence-electron chi connectivity index (χ0n) is 17.2. The lowest BCUT2D eigenvalue weighted by Crippen LogP contribution is -2.34. The number of sulfonamides is 1. The molecule has 0 spiro atoms. The molecule has 7 nitrogen and oxygen atoms in total. The average molecular weight is 457 g/mol. The standard InChI is InChI=1S/C22H24N4O3S2/c1-25(31(28,29)18-10-6-3-7-11-18)16-21(27)24-22-23-19-12-13-26(15-20(19)30-22)14-17-8-4-2-5-9-17/h2-11H,12-16H2,1H3,(H,23,24,27). The number of carbonyl (C=O) groups excluding carboxylic acids is 1. The van der Waals surface area contributed by atoms with Gasteiger partial charge in [0.15, 0.2) is 5.13 Å². The van der Waals surface area contributed by atoms with Crippen LogP contribution in [0.1, 0.15) is 16.1 Å². The van der Waals surface area contributed by atoms with E-state index in [2.05, 4.69) is 27.3 Å². The van der Waals surface area contributed by atoms with E-state index in [9.17, 15) is 13.2 Å². The SMILES string of the molecule is CN(CC(=O)Nc1nc2c(s1)CN(Cc1ccccc1)CC2)S(=O)(=O)c1ccccc1. The van der Waals surface area contributed by atoms with E-state index in [-0.39, 0.29) is 11.4 Å². The molecule has 1 N–H and O–H groups in total. The van der Waals surface area contributed by atoms with Crippen molar-refractivity contribution >= 4 is 32.4 Å². The Morgan fingerprint density at radius 3 is 2.52 bits per heavy atom. The van der Waals surface area contributed by atoms with Gasteiger partial charge in [0.2, 0.25) is 15.9 Å². The van der Waals surface area contributed by atoms with Crippen LogP contribution in [0.5, 0.6) is 0 Å². The molecule has 0 atom stereocenters. The quantitative estimate of drug-likeness (QED) is 0.591. The van der Waals surface area contributed by atoms with Gasteiger partial charge >= 0.3 is 0 Å². The fourth-order valence-corrected chi connectivity index (χ4v) is 5.71. The minimum Gasteiger partial charge on any atom is -0.301 e. The molecule has 1 aliphatic heterocycles. The summed E-state index contributed by atoms with van der Waals surface area (Å²) in [6.07, 6.45) is 0.830. The van der Waals surface area contributed by atoms with Crippen molar-refractivity contribution in [2.75, 3.05) is 25.5 Å². The van der Waals surface area contributed by atoms with Gasteiger partial charge in [-0.25, -0.2) is 13.4 Å². The normalized spacial score (nSPS) is 14.4. The molecule has 1 amide bonds. The van der Waals surface area contributed by atoms with Crippen LogP contribution in [0, 0.1) is 0 Å². The Balaban J connectivity index is 1.36. The largest absolute Gasteiger partial charge is 0.301 e.